The van der Waals surface area contributed by atoms with E-state index >= 15 is 0 Å². The second-order valence-corrected chi connectivity index (χ2v) is 9.35. The van der Waals surface area contributed by atoms with Gasteiger partial charge in [0, 0.05) is 43.4 Å². The van der Waals surface area contributed by atoms with Gasteiger partial charge in [0.05, 0.1) is 5.69 Å². The van der Waals surface area contributed by atoms with Gasteiger partial charge in [-0.1, -0.05) is 25.6 Å². The lowest BCUT2D eigenvalue weighted by molar-refractivity contribution is -0.127. The average Bonchev–Trinajstić information content (AvgIpc) is 3.22. The molecule has 4 rings (SSSR count). The topological polar surface area (TPSA) is 86.8 Å². The fraction of sp³-hybridized carbons (Fsp3) is 0.600. The van der Waals surface area contributed by atoms with Gasteiger partial charge in [0.25, 0.3) is 0 Å². The van der Waals surface area contributed by atoms with Crippen molar-refractivity contribution in [3.63, 3.8) is 0 Å². The Balaban J connectivity index is 1.58. The summed E-state index contributed by atoms with van der Waals surface area (Å²) >= 11 is 1.53. The molecule has 2 aromatic heterocycles. The normalized spacial score (nSPS) is 21.1. The van der Waals surface area contributed by atoms with E-state index in [2.05, 4.69) is 34.3 Å². The van der Waals surface area contributed by atoms with Gasteiger partial charge in [0.2, 0.25) is 5.91 Å². The molecule has 0 aromatic carbocycles. The predicted molar refractivity (Wildman–Crippen MR) is 111 cm³/mol. The Morgan fingerprint density at radius 2 is 2.18 bits per heavy atom. The lowest BCUT2D eigenvalue weighted by atomic mass is 9.76. The number of carbonyl (C=O) groups excluding carboxylic acids is 1. The van der Waals surface area contributed by atoms with Crippen molar-refractivity contribution in [1.82, 2.24) is 25.1 Å². The van der Waals surface area contributed by atoms with Gasteiger partial charge in [-0.2, -0.15) is 5.10 Å². The summed E-state index contributed by atoms with van der Waals surface area (Å²) in [4.78, 5) is 22.9. The van der Waals surface area contributed by atoms with Crippen LogP contribution in [0.1, 0.15) is 44.4 Å². The quantitative estimate of drug-likeness (QED) is 0.592. The molecule has 0 spiro atoms. The SMILES string of the molecule is CSc1nc(NCC2CCC(=O)N2C)cc(-c2n[nH]c3c2CCC(C)(C)C3)n1. The van der Waals surface area contributed by atoms with E-state index in [9.17, 15) is 4.79 Å². The molecule has 1 atom stereocenters. The number of thioether (sulfide) groups is 1. The minimum Gasteiger partial charge on any atom is -0.368 e. The Labute approximate surface area is 170 Å². The summed E-state index contributed by atoms with van der Waals surface area (Å²) in [6.45, 7) is 5.30. The van der Waals surface area contributed by atoms with E-state index in [-0.39, 0.29) is 11.9 Å². The van der Waals surface area contributed by atoms with Crippen LogP contribution in [0.5, 0.6) is 0 Å². The van der Waals surface area contributed by atoms with Gasteiger partial charge in [0.15, 0.2) is 5.16 Å². The van der Waals surface area contributed by atoms with E-state index < -0.39 is 0 Å². The molecule has 2 aliphatic rings. The lowest BCUT2D eigenvalue weighted by Crippen LogP contribution is -2.34. The van der Waals surface area contributed by atoms with Crippen LogP contribution in [0.4, 0.5) is 5.82 Å². The third kappa shape index (κ3) is 3.74. The van der Waals surface area contributed by atoms with E-state index in [1.54, 1.807) is 0 Å². The highest BCUT2D eigenvalue weighted by Crippen LogP contribution is 2.37. The minimum atomic E-state index is 0.212. The van der Waals surface area contributed by atoms with Crippen molar-refractivity contribution in [2.24, 2.45) is 5.41 Å². The summed E-state index contributed by atoms with van der Waals surface area (Å²) in [6, 6.07) is 2.19. The molecule has 0 radical (unpaired) electrons. The molecule has 1 amide bonds. The van der Waals surface area contributed by atoms with Crippen molar-refractivity contribution in [2.75, 3.05) is 25.2 Å². The molecule has 1 unspecified atom stereocenters. The molecule has 2 aromatic rings. The van der Waals surface area contributed by atoms with Crippen molar-refractivity contribution in [3.8, 4) is 11.4 Å². The minimum absolute atomic E-state index is 0.212. The number of aromatic nitrogens is 4. The number of likely N-dealkylation sites (N-methyl/N-ethyl adjacent to an activating group) is 1. The molecule has 1 saturated heterocycles. The van der Waals surface area contributed by atoms with E-state index in [0.717, 1.165) is 48.0 Å². The monoisotopic (exact) mass is 400 g/mol. The lowest BCUT2D eigenvalue weighted by Gasteiger charge is -2.29. The standard InChI is InChI=1S/C20H28N6OS/c1-20(2)8-7-13-15(10-20)24-25-18(13)14-9-16(23-19(22-14)28-4)21-11-12-5-6-17(27)26(12)3/h9,12H,5-8,10-11H2,1-4H3,(H,24,25)(H,21,22,23). The number of hydrogen-bond donors (Lipinski definition) is 2. The van der Waals surface area contributed by atoms with Gasteiger partial charge in [0.1, 0.15) is 11.5 Å². The molecule has 8 heteroatoms. The zero-order valence-corrected chi connectivity index (χ0v) is 17.8. The van der Waals surface area contributed by atoms with Crippen molar-refractivity contribution in [3.05, 3.63) is 17.3 Å². The number of aromatic amines is 1. The smallest absolute Gasteiger partial charge is 0.222 e. The number of rotatable bonds is 5. The number of likely N-dealkylation sites (tertiary alicyclic amines) is 1. The van der Waals surface area contributed by atoms with Crippen LogP contribution in [0.2, 0.25) is 0 Å². The van der Waals surface area contributed by atoms with Crippen molar-refractivity contribution >= 4 is 23.5 Å². The summed E-state index contributed by atoms with van der Waals surface area (Å²) in [5.74, 6) is 1.00. The summed E-state index contributed by atoms with van der Waals surface area (Å²) in [5.41, 5.74) is 4.63. The van der Waals surface area contributed by atoms with Gasteiger partial charge in [-0.25, -0.2) is 9.97 Å². The molecule has 28 heavy (non-hydrogen) atoms. The van der Waals surface area contributed by atoms with Gasteiger partial charge in [-0.3, -0.25) is 9.89 Å². The van der Waals surface area contributed by atoms with Crippen LogP contribution in [0.15, 0.2) is 11.2 Å². The zero-order valence-electron chi connectivity index (χ0n) is 17.0. The molecular formula is C20H28N6OS. The van der Waals surface area contributed by atoms with E-state index in [1.807, 2.05) is 24.3 Å². The molecule has 1 fully saturated rings. The number of H-pyrrole nitrogens is 1. The van der Waals surface area contributed by atoms with Crippen LogP contribution < -0.4 is 5.32 Å². The number of hydrogen-bond acceptors (Lipinski definition) is 6. The first-order chi connectivity index (χ1) is 13.4. The Hall–Kier alpha value is -2.09. The largest absolute Gasteiger partial charge is 0.368 e. The van der Waals surface area contributed by atoms with Crippen molar-refractivity contribution in [2.45, 2.75) is 57.1 Å². The van der Waals surface area contributed by atoms with Crippen LogP contribution in [0.25, 0.3) is 11.4 Å². The molecule has 150 valence electrons. The highest BCUT2D eigenvalue weighted by molar-refractivity contribution is 7.98. The second kappa shape index (κ2) is 7.39. The van der Waals surface area contributed by atoms with Crippen LogP contribution in [0.3, 0.4) is 0 Å². The average molecular weight is 401 g/mol. The van der Waals surface area contributed by atoms with Crippen LogP contribution >= 0.6 is 11.8 Å². The molecule has 1 aliphatic carbocycles. The molecular weight excluding hydrogens is 372 g/mol. The maximum Gasteiger partial charge on any atom is 0.222 e. The summed E-state index contributed by atoms with van der Waals surface area (Å²) in [6.07, 6.45) is 6.68. The third-order valence-electron chi connectivity index (χ3n) is 5.94. The number of fused-ring (bicyclic) bond motifs is 1. The van der Waals surface area contributed by atoms with Gasteiger partial charge in [-0.05, 0) is 37.4 Å². The molecule has 1 aliphatic heterocycles. The maximum atomic E-state index is 11.7. The molecule has 7 nitrogen and oxygen atoms in total. The first-order valence-corrected chi connectivity index (χ1v) is 11.1. The van der Waals surface area contributed by atoms with Crippen molar-refractivity contribution in [1.29, 1.82) is 0 Å². The third-order valence-corrected chi connectivity index (χ3v) is 6.49. The fourth-order valence-electron chi connectivity index (χ4n) is 4.11. The summed E-state index contributed by atoms with van der Waals surface area (Å²) in [5, 5.41) is 12.0. The van der Waals surface area contributed by atoms with Gasteiger partial charge in [-0.15, -0.1) is 0 Å². The first-order valence-electron chi connectivity index (χ1n) is 9.85. The van der Waals surface area contributed by atoms with E-state index in [1.165, 1.54) is 23.0 Å². The number of amides is 1. The van der Waals surface area contributed by atoms with E-state index in [4.69, 9.17) is 4.98 Å². The Bertz CT molecular complexity index is 893. The number of nitrogens with one attached hydrogen (secondary N) is 2. The molecule has 0 bridgehead atoms. The van der Waals surface area contributed by atoms with Crippen LogP contribution in [-0.2, 0) is 17.6 Å². The van der Waals surface area contributed by atoms with Crippen molar-refractivity contribution < 1.29 is 4.79 Å². The molecule has 3 heterocycles. The van der Waals surface area contributed by atoms with Gasteiger partial charge < -0.3 is 10.2 Å². The van der Waals surface area contributed by atoms with Gasteiger partial charge >= 0.3 is 0 Å². The summed E-state index contributed by atoms with van der Waals surface area (Å²) < 4.78 is 0. The Morgan fingerprint density at radius 3 is 2.89 bits per heavy atom. The van der Waals surface area contributed by atoms with Crippen LogP contribution in [0, 0.1) is 5.41 Å². The Kier molecular flexibility index (Phi) is 5.07. The number of anilines is 1. The molecule has 2 N–H and O–H groups in total. The highest BCUT2D eigenvalue weighted by Gasteiger charge is 2.30. The predicted octanol–water partition coefficient (Wildman–Crippen LogP) is 3.14. The molecule has 0 saturated carbocycles. The van der Waals surface area contributed by atoms with E-state index in [0.29, 0.717) is 18.4 Å². The van der Waals surface area contributed by atoms with Crippen LogP contribution in [-0.4, -0.2) is 56.9 Å². The number of carbonyl (C=O) groups is 1. The highest BCUT2D eigenvalue weighted by atomic mass is 32.2. The fourth-order valence-corrected chi connectivity index (χ4v) is 4.49. The Morgan fingerprint density at radius 1 is 1.36 bits per heavy atom. The summed E-state index contributed by atoms with van der Waals surface area (Å²) in [7, 11) is 1.87. The second-order valence-electron chi connectivity index (χ2n) is 8.57. The first kappa shape index (κ1) is 19.2. The number of nitrogens with zero attached hydrogens (tertiary/aromatic N) is 4. The zero-order chi connectivity index (χ0) is 19.9. The maximum absolute atomic E-state index is 11.7.